The Labute approximate surface area is 162 Å². The van der Waals surface area contributed by atoms with Gasteiger partial charge < -0.3 is 5.32 Å². The van der Waals surface area contributed by atoms with Crippen molar-refractivity contribution in [1.29, 1.82) is 0 Å². The maximum atomic E-state index is 12.6. The molecular formula is C21H20N6O. The van der Waals surface area contributed by atoms with Crippen molar-refractivity contribution in [3.05, 3.63) is 77.9 Å². The molecule has 7 nitrogen and oxygen atoms in total. The van der Waals surface area contributed by atoms with Gasteiger partial charge in [-0.25, -0.2) is 9.67 Å². The van der Waals surface area contributed by atoms with Gasteiger partial charge in [-0.3, -0.25) is 9.89 Å². The van der Waals surface area contributed by atoms with Crippen LogP contribution < -0.4 is 5.32 Å². The Balaban J connectivity index is 1.52. The Morgan fingerprint density at radius 1 is 1.11 bits per heavy atom. The first-order valence-corrected chi connectivity index (χ1v) is 8.98. The van der Waals surface area contributed by atoms with Gasteiger partial charge in [-0.15, -0.1) is 0 Å². The Kier molecular flexibility index (Phi) is 4.72. The minimum Gasteiger partial charge on any atom is -0.326 e. The highest BCUT2D eigenvalue weighted by Crippen LogP contribution is 2.21. The molecule has 7 heteroatoms. The minimum absolute atomic E-state index is 0.0893. The van der Waals surface area contributed by atoms with Gasteiger partial charge in [0, 0.05) is 22.5 Å². The summed E-state index contributed by atoms with van der Waals surface area (Å²) in [6.45, 7) is 3.92. The second-order valence-electron chi connectivity index (χ2n) is 6.54. The van der Waals surface area contributed by atoms with E-state index in [1.165, 1.54) is 6.33 Å². The molecule has 0 atom stereocenters. The van der Waals surface area contributed by atoms with Crippen LogP contribution in [0.1, 0.15) is 17.0 Å². The lowest BCUT2D eigenvalue weighted by atomic mass is 10.1. The zero-order valence-corrected chi connectivity index (χ0v) is 15.7. The molecule has 0 bridgehead atoms. The molecular weight excluding hydrogens is 352 g/mol. The zero-order chi connectivity index (χ0) is 19.5. The van der Waals surface area contributed by atoms with Crippen molar-refractivity contribution in [2.75, 3.05) is 5.32 Å². The van der Waals surface area contributed by atoms with Crippen LogP contribution in [-0.2, 0) is 11.2 Å². The predicted molar refractivity (Wildman–Crippen MR) is 107 cm³/mol. The van der Waals surface area contributed by atoms with E-state index in [2.05, 4.69) is 25.6 Å². The quantitative estimate of drug-likeness (QED) is 0.561. The number of anilines is 1. The van der Waals surface area contributed by atoms with E-state index in [4.69, 9.17) is 0 Å². The number of carbonyl (C=O) groups is 1. The fraction of sp³-hybridized carbons (Fsp3) is 0.143. The molecule has 4 rings (SSSR count). The second kappa shape index (κ2) is 7.48. The van der Waals surface area contributed by atoms with Gasteiger partial charge in [-0.2, -0.15) is 10.2 Å². The monoisotopic (exact) mass is 372 g/mol. The number of H-pyrrole nitrogens is 1. The molecule has 140 valence electrons. The number of aromatic amines is 1. The van der Waals surface area contributed by atoms with E-state index >= 15 is 0 Å². The van der Waals surface area contributed by atoms with Crippen molar-refractivity contribution in [1.82, 2.24) is 25.0 Å². The average molecular weight is 372 g/mol. The van der Waals surface area contributed by atoms with Gasteiger partial charge in [0.2, 0.25) is 5.91 Å². The topological polar surface area (TPSA) is 88.5 Å². The van der Waals surface area contributed by atoms with Gasteiger partial charge in [0.15, 0.2) is 5.82 Å². The molecule has 0 fully saturated rings. The molecule has 2 aromatic heterocycles. The van der Waals surface area contributed by atoms with Gasteiger partial charge in [-0.05, 0) is 38.1 Å². The van der Waals surface area contributed by atoms with Crippen molar-refractivity contribution in [2.45, 2.75) is 20.3 Å². The normalized spacial score (nSPS) is 10.8. The number of nitrogens with zero attached hydrogens (tertiary/aromatic N) is 4. The number of aryl methyl sites for hydroxylation is 1. The molecule has 0 saturated heterocycles. The van der Waals surface area contributed by atoms with E-state index < -0.39 is 0 Å². The Morgan fingerprint density at radius 3 is 2.68 bits per heavy atom. The van der Waals surface area contributed by atoms with E-state index in [9.17, 15) is 4.79 Å². The van der Waals surface area contributed by atoms with Crippen LogP contribution in [0.15, 0.2) is 60.9 Å². The first kappa shape index (κ1) is 17.7. The molecule has 2 N–H and O–H groups in total. The third-order valence-electron chi connectivity index (χ3n) is 4.61. The number of hydrogen-bond acceptors (Lipinski definition) is 4. The summed E-state index contributed by atoms with van der Waals surface area (Å²) in [6.07, 6.45) is 1.72. The van der Waals surface area contributed by atoms with Crippen molar-refractivity contribution < 1.29 is 4.79 Å². The van der Waals surface area contributed by atoms with E-state index in [-0.39, 0.29) is 12.3 Å². The van der Waals surface area contributed by atoms with Crippen LogP contribution >= 0.6 is 0 Å². The molecule has 28 heavy (non-hydrogen) atoms. The van der Waals surface area contributed by atoms with Gasteiger partial charge in [-0.1, -0.05) is 30.3 Å². The lowest BCUT2D eigenvalue weighted by Gasteiger charge is -2.08. The number of hydrogen-bond donors (Lipinski definition) is 2. The van der Waals surface area contributed by atoms with Crippen molar-refractivity contribution >= 4 is 11.6 Å². The SMILES string of the molecule is Cc1nn(-c2ccccc2)c(C)c1CC(=O)Nc1cccc(-c2ncn[nH]2)c1. The maximum absolute atomic E-state index is 12.6. The van der Waals surface area contributed by atoms with Crippen LogP contribution in [0.3, 0.4) is 0 Å². The highest BCUT2D eigenvalue weighted by molar-refractivity contribution is 5.93. The van der Waals surface area contributed by atoms with Gasteiger partial charge in [0.05, 0.1) is 17.8 Å². The standard InChI is InChI=1S/C21H20N6O/c1-14-19(15(2)27(26-14)18-9-4-3-5-10-18)12-20(28)24-17-8-6-7-16(11-17)21-22-13-23-25-21/h3-11,13H,12H2,1-2H3,(H,24,28)(H,22,23,25). The van der Waals surface area contributed by atoms with Crippen LogP contribution in [-0.4, -0.2) is 30.9 Å². The summed E-state index contributed by atoms with van der Waals surface area (Å²) in [7, 11) is 0. The number of amides is 1. The van der Waals surface area contributed by atoms with Gasteiger partial charge in [0.1, 0.15) is 6.33 Å². The second-order valence-corrected chi connectivity index (χ2v) is 6.54. The summed E-state index contributed by atoms with van der Waals surface area (Å²) in [5.74, 6) is 0.570. The summed E-state index contributed by atoms with van der Waals surface area (Å²) in [6, 6.07) is 17.4. The van der Waals surface area contributed by atoms with E-state index in [1.807, 2.05) is 73.1 Å². The number of benzene rings is 2. The number of rotatable bonds is 5. The van der Waals surface area contributed by atoms with E-state index in [1.54, 1.807) is 0 Å². The summed E-state index contributed by atoms with van der Waals surface area (Å²) in [5.41, 5.74) is 5.31. The number of carbonyl (C=O) groups excluding carboxylic acids is 1. The number of nitrogens with one attached hydrogen (secondary N) is 2. The van der Waals surface area contributed by atoms with Crippen LogP contribution in [0.5, 0.6) is 0 Å². The van der Waals surface area contributed by atoms with Crippen LogP contribution in [0.4, 0.5) is 5.69 Å². The number of aromatic nitrogens is 5. The molecule has 0 radical (unpaired) electrons. The Hall–Kier alpha value is -3.74. The fourth-order valence-corrected chi connectivity index (χ4v) is 3.21. The molecule has 0 aliphatic heterocycles. The highest BCUT2D eigenvalue weighted by atomic mass is 16.1. The Bertz CT molecular complexity index is 1100. The highest BCUT2D eigenvalue weighted by Gasteiger charge is 2.16. The molecule has 0 aliphatic carbocycles. The average Bonchev–Trinajstić information content (AvgIpc) is 3.33. The Morgan fingerprint density at radius 2 is 1.93 bits per heavy atom. The summed E-state index contributed by atoms with van der Waals surface area (Å²) < 4.78 is 1.88. The van der Waals surface area contributed by atoms with Crippen molar-refractivity contribution in [2.24, 2.45) is 0 Å². The van der Waals surface area contributed by atoms with Gasteiger partial charge >= 0.3 is 0 Å². The van der Waals surface area contributed by atoms with Crippen molar-refractivity contribution in [3.63, 3.8) is 0 Å². The first-order chi connectivity index (χ1) is 13.6. The van der Waals surface area contributed by atoms with Crippen LogP contribution in [0, 0.1) is 13.8 Å². The first-order valence-electron chi connectivity index (χ1n) is 8.98. The molecule has 1 amide bonds. The summed E-state index contributed by atoms with van der Waals surface area (Å²) >= 11 is 0. The van der Waals surface area contributed by atoms with Crippen molar-refractivity contribution in [3.8, 4) is 17.1 Å². The molecule has 0 spiro atoms. The molecule has 2 aromatic carbocycles. The fourth-order valence-electron chi connectivity index (χ4n) is 3.21. The largest absolute Gasteiger partial charge is 0.326 e. The molecule has 0 saturated carbocycles. The minimum atomic E-state index is -0.0893. The number of para-hydroxylation sites is 1. The summed E-state index contributed by atoms with van der Waals surface area (Å²) in [5, 5.41) is 14.2. The zero-order valence-electron chi connectivity index (χ0n) is 15.7. The molecule has 0 aliphatic rings. The van der Waals surface area contributed by atoms with Crippen LogP contribution in [0.25, 0.3) is 17.1 Å². The van der Waals surface area contributed by atoms with E-state index in [0.717, 1.165) is 28.2 Å². The van der Waals surface area contributed by atoms with E-state index in [0.29, 0.717) is 11.5 Å². The molecule has 4 aromatic rings. The third kappa shape index (κ3) is 3.55. The predicted octanol–water partition coefficient (Wildman–Crippen LogP) is 3.46. The molecule has 0 unspecified atom stereocenters. The molecule has 2 heterocycles. The summed E-state index contributed by atoms with van der Waals surface area (Å²) in [4.78, 5) is 16.8. The lowest BCUT2D eigenvalue weighted by Crippen LogP contribution is -2.15. The van der Waals surface area contributed by atoms with Gasteiger partial charge in [0.25, 0.3) is 0 Å². The smallest absolute Gasteiger partial charge is 0.228 e. The maximum Gasteiger partial charge on any atom is 0.228 e. The van der Waals surface area contributed by atoms with Crippen LogP contribution in [0.2, 0.25) is 0 Å². The third-order valence-corrected chi connectivity index (χ3v) is 4.61. The lowest BCUT2D eigenvalue weighted by molar-refractivity contribution is -0.115.